The van der Waals surface area contributed by atoms with Gasteiger partial charge in [0.2, 0.25) is 0 Å². The summed E-state index contributed by atoms with van der Waals surface area (Å²) in [5.41, 5.74) is 1.02. The quantitative estimate of drug-likeness (QED) is 0.758. The van der Waals surface area contributed by atoms with E-state index in [4.69, 9.17) is 0 Å². The van der Waals surface area contributed by atoms with Gasteiger partial charge in [0.1, 0.15) is 12.7 Å². The van der Waals surface area contributed by atoms with Crippen LogP contribution in [0, 0.1) is 13.8 Å². The van der Waals surface area contributed by atoms with Crippen molar-refractivity contribution >= 4 is 16.5 Å². The van der Waals surface area contributed by atoms with Gasteiger partial charge in [-0.05, 0) is 45.6 Å². The first-order valence-electron chi connectivity index (χ1n) is 8.75. The molecule has 1 fully saturated rings. The fourth-order valence-electron chi connectivity index (χ4n) is 3.30. The molecule has 1 aliphatic carbocycles. The molecule has 0 radical (unpaired) electrons. The number of hydrogen-bond donors (Lipinski definition) is 1. The summed E-state index contributed by atoms with van der Waals surface area (Å²) in [6.45, 7) is 4.13. The standard InChI is InChI=1S/C17H21N7OS/c1-11-12(2)26-17(20-11)21-13-3-5-14(6-4-13)24-16(25)8-7-15(22-24)23-10-18-9-19-23/h7-10,13-14H,3-6H2,1-2H3,(H,20,21). The molecule has 3 aromatic heterocycles. The summed E-state index contributed by atoms with van der Waals surface area (Å²) in [5.74, 6) is 0.607. The Hall–Kier alpha value is -2.55. The van der Waals surface area contributed by atoms with Crippen molar-refractivity contribution in [3.8, 4) is 5.82 Å². The van der Waals surface area contributed by atoms with Crippen LogP contribution >= 0.6 is 11.3 Å². The lowest BCUT2D eigenvalue weighted by molar-refractivity contribution is 0.303. The van der Waals surface area contributed by atoms with Gasteiger partial charge in [0.05, 0.1) is 11.7 Å². The van der Waals surface area contributed by atoms with E-state index in [0.717, 1.165) is 36.5 Å². The van der Waals surface area contributed by atoms with Crippen molar-refractivity contribution in [2.75, 3.05) is 5.32 Å². The van der Waals surface area contributed by atoms with Crippen molar-refractivity contribution < 1.29 is 0 Å². The molecule has 1 N–H and O–H groups in total. The van der Waals surface area contributed by atoms with E-state index in [0.29, 0.717) is 11.9 Å². The minimum absolute atomic E-state index is 0.0727. The summed E-state index contributed by atoms with van der Waals surface area (Å²) in [5, 5.41) is 13.1. The van der Waals surface area contributed by atoms with Gasteiger partial charge in [-0.25, -0.2) is 19.3 Å². The van der Waals surface area contributed by atoms with Crippen molar-refractivity contribution in [1.29, 1.82) is 0 Å². The zero-order chi connectivity index (χ0) is 18.1. The van der Waals surface area contributed by atoms with Gasteiger partial charge >= 0.3 is 0 Å². The minimum Gasteiger partial charge on any atom is -0.359 e. The van der Waals surface area contributed by atoms with Gasteiger partial charge < -0.3 is 5.32 Å². The number of nitrogens with one attached hydrogen (secondary N) is 1. The lowest BCUT2D eigenvalue weighted by Crippen LogP contribution is -2.33. The lowest BCUT2D eigenvalue weighted by Gasteiger charge is -2.29. The van der Waals surface area contributed by atoms with Gasteiger partial charge in [0, 0.05) is 17.0 Å². The van der Waals surface area contributed by atoms with Crippen molar-refractivity contribution in [1.82, 2.24) is 29.5 Å². The van der Waals surface area contributed by atoms with Crippen molar-refractivity contribution in [2.24, 2.45) is 0 Å². The molecule has 0 bridgehead atoms. The minimum atomic E-state index is -0.0727. The Bertz CT molecular complexity index is 919. The average Bonchev–Trinajstić information content (AvgIpc) is 3.27. The van der Waals surface area contributed by atoms with Gasteiger partial charge in [-0.1, -0.05) is 0 Å². The monoisotopic (exact) mass is 371 g/mol. The molecule has 0 spiro atoms. The normalized spacial score (nSPS) is 20.2. The fraction of sp³-hybridized carbons (Fsp3) is 0.471. The van der Waals surface area contributed by atoms with E-state index >= 15 is 0 Å². The maximum Gasteiger partial charge on any atom is 0.267 e. The van der Waals surface area contributed by atoms with E-state index in [1.165, 1.54) is 11.2 Å². The largest absolute Gasteiger partial charge is 0.359 e. The number of hydrogen-bond acceptors (Lipinski definition) is 7. The molecule has 136 valence electrons. The predicted molar refractivity (Wildman–Crippen MR) is 99.9 cm³/mol. The van der Waals surface area contributed by atoms with Crippen LogP contribution in [0.1, 0.15) is 42.3 Å². The van der Waals surface area contributed by atoms with Gasteiger partial charge in [-0.3, -0.25) is 4.79 Å². The molecule has 3 heterocycles. The zero-order valence-corrected chi connectivity index (χ0v) is 15.6. The first-order valence-corrected chi connectivity index (χ1v) is 9.57. The first-order chi connectivity index (χ1) is 12.6. The van der Waals surface area contributed by atoms with Crippen LogP contribution in [0.5, 0.6) is 0 Å². The van der Waals surface area contributed by atoms with Crippen molar-refractivity contribution in [2.45, 2.75) is 51.6 Å². The topological polar surface area (TPSA) is 90.5 Å². The maximum absolute atomic E-state index is 12.3. The third-order valence-corrected chi connectivity index (χ3v) is 5.87. The molecule has 4 rings (SSSR count). The van der Waals surface area contributed by atoms with Gasteiger partial charge in [0.15, 0.2) is 10.9 Å². The molecule has 3 aromatic rings. The van der Waals surface area contributed by atoms with Crippen molar-refractivity contribution in [3.63, 3.8) is 0 Å². The molecule has 26 heavy (non-hydrogen) atoms. The molecule has 9 heteroatoms. The number of rotatable bonds is 4. The highest BCUT2D eigenvalue weighted by molar-refractivity contribution is 7.15. The van der Waals surface area contributed by atoms with Crippen LogP contribution in [0.25, 0.3) is 5.82 Å². The van der Waals surface area contributed by atoms with Crippen LogP contribution in [-0.2, 0) is 0 Å². The molecule has 1 aliphatic rings. The number of thiazole rings is 1. The molecule has 0 unspecified atom stereocenters. The van der Waals surface area contributed by atoms with E-state index in [1.54, 1.807) is 39.2 Å². The highest BCUT2D eigenvalue weighted by Gasteiger charge is 2.24. The SMILES string of the molecule is Cc1nc(NC2CCC(n3nc(-n4cncn4)ccc3=O)CC2)sc1C. The molecule has 8 nitrogen and oxygen atoms in total. The molecule has 0 aliphatic heterocycles. The Morgan fingerprint density at radius 1 is 1.19 bits per heavy atom. The number of aromatic nitrogens is 6. The highest BCUT2D eigenvalue weighted by atomic mass is 32.1. The Morgan fingerprint density at radius 3 is 2.65 bits per heavy atom. The van der Waals surface area contributed by atoms with E-state index in [1.807, 2.05) is 6.92 Å². The Morgan fingerprint density at radius 2 is 2.00 bits per heavy atom. The zero-order valence-electron chi connectivity index (χ0n) is 14.8. The van der Waals surface area contributed by atoms with Crippen LogP contribution < -0.4 is 10.9 Å². The van der Waals surface area contributed by atoms with Crippen LogP contribution in [0.2, 0.25) is 0 Å². The molecule has 0 amide bonds. The van der Waals surface area contributed by atoms with Gasteiger partial charge in [-0.2, -0.15) is 5.10 Å². The van der Waals surface area contributed by atoms with Gasteiger partial charge in [0.25, 0.3) is 5.56 Å². The predicted octanol–water partition coefficient (Wildman–Crippen LogP) is 2.49. The second-order valence-corrected chi connectivity index (χ2v) is 7.83. The third-order valence-electron chi connectivity index (χ3n) is 4.86. The molecular weight excluding hydrogens is 350 g/mol. The third kappa shape index (κ3) is 3.39. The van der Waals surface area contributed by atoms with E-state index in [2.05, 4.69) is 32.4 Å². The van der Waals surface area contributed by atoms with Crippen LogP contribution in [0.3, 0.4) is 0 Å². The van der Waals surface area contributed by atoms with Crippen molar-refractivity contribution in [3.05, 3.63) is 45.7 Å². The second-order valence-electron chi connectivity index (χ2n) is 6.62. The Kier molecular flexibility index (Phi) is 4.54. The van der Waals surface area contributed by atoms with E-state index in [9.17, 15) is 4.79 Å². The summed E-state index contributed by atoms with van der Waals surface area (Å²) in [7, 11) is 0. The van der Waals surface area contributed by atoms with Gasteiger partial charge in [-0.15, -0.1) is 16.4 Å². The average molecular weight is 371 g/mol. The smallest absolute Gasteiger partial charge is 0.267 e. The number of anilines is 1. The first kappa shape index (κ1) is 16.9. The number of nitrogens with zero attached hydrogens (tertiary/aromatic N) is 6. The molecule has 1 saturated carbocycles. The Labute approximate surface area is 154 Å². The Balaban J connectivity index is 1.44. The van der Waals surface area contributed by atoms with Crippen LogP contribution in [0.4, 0.5) is 5.13 Å². The van der Waals surface area contributed by atoms with E-state index in [-0.39, 0.29) is 11.6 Å². The second kappa shape index (κ2) is 6.99. The number of aryl methyl sites for hydroxylation is 2. The lowest BCUT2D eigenvalue weighted by atomic mass is 9.91. The molecular formula is C17H21N7OS. The molecule has 0 aromatic carbocycles. The van der Waals surface area contributed by atoms with Crippen LogP contribution in [-0.4, -0.2) is 35.6 Å². The van der Waals surface area contributed by atoms with E-state index < -0.39 is 0 Å². The fourth-order valence-corrected chi connectivity index (χ4v) is 4.19. The maximum atomic E-state index is 12.3. The summed E-state index contributed by atoms with van der Waals surface area (Å²) in [6, 6.07) is 3.73. The molecule has 0 saturated heterocycles. The summed E-state index contributed by atoms with van der Waals surface area (Å²) in [6.07, 6.45) is 6.84. The summed E-state index contributed by atoms with van der Waals surface area (Å²) in [4.78, 5) is 22.0. The highest BCUT2D eigenvalue weighted by Crippen LogP contribution is 2.30. The summed E-state index contributed by atoms with van der Waals surface area (Å²) < 4.78 is 3.17. The summed E-state index contributed by atoms with van der Waals surface area (Å²) >= 11 is 1.70. The molecule has 0 atom stereocenters. The van der Waals surface area contributed by atoms with Crippen LogP contribution in [0.15, 0.2) is 29.6 Å².